The molecule has 3 heteroatoms. The molecule has 0 aliphatic carbocycles. The molecule has 0 saturated carbocycles. The molecule has 1 aromatic carbocycles. The van der Waals surface area contributed by atoms with Crippen molar-refractivity contribution in [1.82, 2.24) is 0 Å². The number of hydrogen-bond donors (Lipinski definition) is 1. The molecule has 0 amide bonds. The van der Waals surface area contributed by atoms with E-state index in [-0.39, 0.29) is 6.04 Å². The Balaban J connectivity index is 2.65. The quantitative estimate of drug-likeness (QED) is 0.615. The van der Waals surface area contributed by atoms with Gasteiger partial charge < -0.3 is 10.5 Å². The van der Waals surface area contributed by atoms with Crippen LogP contribution in [0.3, 0.4) is 0 Å². The average Bonchev–Trinajstić information content (AvgIpc) is 2.26. The minimum atomic E-state index is 0.139. The summed E-state index contributed by atoms with van der Waals surface area (Å²) in [6.45, 7) is 6.42. The zero-order chi connectivity index (χ0) is 12.7. The van der Waals surface area contributed by atoms with Gasteiger partial charge in [0.1, 0.15) is 5.75 Å². The van der Waals surface area contributed by atoms with Gasteiger partial charge in [-0.25, -0.2) is 0 Å². The van der Waals surface area contributed by atoms with Crippen molar-refractivity contribution in [3.8, 4) is 5.75 Å². The lowest BCUT2D eigenvalue weighted by Crippen LogP contribution is -2.18. The number of hydrogen-bond acceptors (Lipinski definition) is 2. The van der Waals surface area contributed by atoms with Gasteiger partial charge >= 0.3 is 0 Å². The van der Waals surface area contributed by atoms with Crippen LogP contribution in [0.2, 0.25) is 0 Å². The van der Waals surface area contributed by atoms with Gasteiger partial charge in [-0.05, 0) is 49.9 Å². The first kappa shape index (κ1) is 14.3. The maximum Gasteiger partial charge on any atom is 0.122 e. The van der Waals surface area contributed by atoms with E-state index in [1.165, 1.54) is 0 Å². The zero-order valence-electron chi connectivity index (χ0n) is 10.3. The highest BCUT2D eigenvalue weighted by Crippen LogP contribution is 2.24. The predicted molar refractivity (Wildman–Crippen MR) is 76.4 cm³/mol. The highest BCUT2D eigenvalue weighted by atomic mass is 79.9. The number of allylic oxidation sites excluding steroid dienone is 1. The van der Waals surface area contributed by atoms with Gasteiger partial charge in [-0.1, -0.05) is 22.0 Å². The Bertz CT molecular complexity index is 363. The lowest BCUT2D eigenvalue weighted by Gasteiger charge is -2.13. The van der Waals surface area contributed by atoms with Crippen LogP contribution < -0.4 is 10.5 Å². The Morgan fingerprint density at radius 1 is 1.53 bits per heavy atom. The zero-order valence-corrected chi connectivity index (χ0v) is 11.9. The molecule has 2 nitrogen and oxygen atoms in total. The second-order valence-electron chi connectivity index (χ2n) is 4.21. The van der Waals surface area contributed by atoms with E-state index < -0.39 is 0 Å². The number of unbranched alkanes of at least 4 members (excludes halogenated alkanes) is 1. The second kappa shape index (κ2) is 7.51. The second-order valence-corrected chi connectivity index (χ2v) is 5.13. The summed E-state index contributed by atoms with van der Waals surface area (Å²) < 4.78 is 6.83. The fourth-order valence-corrected chi connectivity index (χ4v) is 2.01. The normalized spacial score (nSPS) is 12.2. The summed E-state index contributed by atoms with van der Waals surface area (Å²) in [7, 11) is 0. The fraction of sp³-hybridized carbons (Fsp3) is 0.429. The molecule has 0 saturated heterocycles. The third-order valence-corrected chi connectivity index (χ3v) is 2.87. The molecule has 0 radical (unpaired) electrons. The monoisotopic (exact) mass is 297 g/mol. The largest absolute Gasteiger partial charge is 0.493 e. The minimum absolute atomic E-state index is 0.139. The summed E-state index contributed by atoms with van der Waals surface area (Å²) in [5, 5.41) is 0. The molecule has 1 aromatic rings. The van der Waals surface area contributed by atoms with E-state index in [1.54, 1.807) is 0 Å². The highest BCUT2D eigenvalue weighted by Gasteiger charge is 2.06. The standard InChI is InChI=1S/C14H20BrNO/c1-3-4-5-8-17-14-7-6-13(15)10-12(14)9-11(2)16/h3,6-7,10-11H,1,4-5,8-9,16H2,2H3. The van der Waals surface area contributed by atoms with Crippen LogP contribution in [0.15, 0.2) is 35.3 Å². The summed E-state index contributed by atoms with van der Waals surface area (Å²) in [6, 6.07) is 6.20. The van der Waals surface area contributed by atoms with Gasteiger partial charge in [-0.15, -0.1) is 6.58 Å². The maximum atomic E-state index is 5.84. The van der Waals surface area contributed by atoms with Crippen molar-refractivity contribution in [3.05, 3.63) is 40.9 Å². The maximum absolute atomic E-state index is 5.84. The molecule has 0 aliphatic rings. The van der Waals surface area contributed by atoms with Gasteiger partial charge in [0, 0.05) is 10.5 Å². The molecule has 0 aromatic heterocycles. The summed E-state index contributed by atoms with van der Waals surface area (Å²) in [5.41, 5.74) is 7.00. The molecule has 94 valence electrons. The van der Waals surface area contributed by atoms with Gasteiger partial charge in [0.25, 0.3) is 0 Å². The van der Waals surface area contributed by atoms with Gasteiger partial charge in [0.15, 0.2) is 0 Å². The van der Waals surface area contributed by atoms with Gasteiger partial charge in [0.2, 0.25) is 0 Å². The topological polar surface area (TPSA) is 35.2 Å². The van der Waals surface area contributed by atoms with Crippen LogP contribution in [0.5, 0.6) is 5.75 Å². The van der Waals surface area contributed by atoms with Gasteiger partial charge in [0.05, 0.1) is 6.61 Å². The van der Waals surface area contributed by atoms with Crippen molar-refractivity contribution < 1.29 is 4.74 Å². The Hall–Kier alpha value is -0.800. The summed E-state index contributed by atoms with van der Waals surface area (Å²) in [6.07, 6.45) is 4.72. The van der Waals surface area contributed by atoms with E-state index in [9.17, 15) is 0 Å². The highest BCUT2D eigenvalue weighted by molar-refractivity contribution is 9.10. The van der Waals surface area contributed by atoms with Crippen LogP contribution in [0.4, 0.5) is 0 Å². The molecule has 1 atom stereocenters. The Kier molecular flexibility index (Phi) is 6.30. The SMILES string of the molecule is C=CCCCOc1ccc(Br)cc1CC(C)N. The first-order valence-electron chi connectivity index (χ1n) is 5.91. The molecule has 2 N–H and O–H groups in total. The van der Waals surface area contributed by atoms with Crippen LogP contribution in [0, 0.1) is 0 Å². The van der Waals surface area contributed by atoms with Crippen LogP contribution in [-0.2, 0) is 6.42 Å². The first-order chi connectivity index (χ1) is 8.13. The predicted octanol–water partition coefficient (Wildman–Crippen LogP) is 3.68. The smallest absolute Gasteiger partial charge is 0.122 e. The Labute approximate surface area is 112 Å². The van der Waals surface area contributed by atoms with Crippen molar-refractivity contribution in [2.75, 3.05) is 6.61 Å². The molecule has 0 aliphatic heterocycles. The van der Waals surface area contributed by atoms with E-state index in [0.29, 0.717) is 0 Å². The van der Waals surface area contributed by atoms with Crippen molar-refractivity contribution in [1.29, 1.82) is 0 Å². The average molecular weight is 298 g/mol. The molecular formula is C14H20BrNO. The van der Waals surface area contributed by atoms with Gasteiger partial charge in [-0.2, -0.15) is 0 Å². The van der Waals surface area contributed by atoms with E-state index in [1.807, 2.05) is 25.1 Å². The van der Waals surface area contributed by atoms with Crippen molar-refractivity contribution in [2.24, 2.45) is 5.73 Å². The number of rotatable bonds is 7. The number of ether oxygens (including phenoxy) is 1. The summed E-state index contributed by atoms with van der Waals surface area (Å²) >= 11 is 3.47. The number of benzene rings is 1. The minimum Gasteiger partial charge on any atom is -0.493 e. The van der Waals surface area contributed by atoms with Crippen LogP contribution >= 0.6 is 15.9 Å². The Morgan fingerprint density at radius 3 is 2.94 bits per heavy atom. The molecule has 0 heterocycles. The molecule has 0 fully saturated rings. The molecule has 1 rings (SSSR count). The van der Waals surface area contributed by atoms with Gasteiger partial charge in [-0.3, -0.25) is 0 Å². The Morgan fingerprint density at radius 2 is 2.29 bits per heavy atom. The van der Waals surface area contributed by atoms with E-state index >= 15 is 0 Å². The molecule has 1 unspecified atom stereocenters. The summed E-state index contributed by atoms with van der Waals surface area (Å²) in [5.74, 6) is 0.939. The van der Waals surface area contributed by atoms with Crippen LogP contribution in [0.25, 0.3) is 0 Å². The molecule has 17 heavy (non-hydrogen) atoms. The molecule has 0 bridgehead atoms. The first-order valence-corrected chi connectivity index (χ1v) is 6.70. The van der Waals surface area contributed by atoms with Crippen LogP contribution in [-0.4, -0.2) is 12.6 Å². The number of nitrogens with two attached hydrogens (primary N) is 1. The molecular weight excluding hydrogens is 278 g/mol. The lowest BCUT2D eigenvalue weighted by atomic mass is 10.1. The van der Waals surface area contributed by atoms with E-state index in [0.717, 1.165) is 41.7 Å². The molecule has 0 spiro atoms. The van der Waals surface area contributed by atoms with E-state index in [4.69, 9.17) is 10.5 Å². The summed E-state index contributed by atoms with van der Waals surface area (Å²) in [4.78, 5) is 0. The van der Waals surface area contributed by atoms with Crippen molar-refractivity contribution >= 4 is 15.9 Å². The third-order valence-electron chi connectivity index (χ3n) is 2.37. The van der Waals surface area contributed by atoms with Crippen molar-refractivity contribution in [3.63, 3.8) is 0 Å². The van der Waals surface area contributed by atoms with Crippen LogP contribution in [0.1, 0.15) is 25.3 Å². The fourth-order valence-electron chi connectivity index (χ4n) is 1.61. The number of halogens is 1. The van der Waals surface area contributed by atoms with Crippen molar-refractivity contribution in [2.45, 2.75) is 32.2 Å². The van der Waals surface area contributed by atoms with E-state index in [2.05, 4.69) is 28.6 Å². The lowest BCUT2D eigenvalue weighted by molar-refractivity contribution is 0.308. The third kappa shape index (κ3) is 5.37.